The fourth-order valence-electron chi connectivity index (χ4n) is 4.05. The quantitative estimate of drug-likeness (QED) is 0.649. The molecule has 2 aliphatic rings. The molecule has 1 spiro atoms. The first-order chi connectivity index (χ1) is 11.8. The topological polar surface area (TPSA) is 53.2 Å². The van der Waals surface area contributed by atoms with Gasteiger partial charge in [-0.15, -0.1) is 0 Å². The van der Waals surface area contributed by atoms with Gasteiger partial charge in [0.1, 0.15) is 5.60 Å². The summed E-state index contributed by atoms with van der Waals surface area (Å²) in [6.07, 6.45) is 0. The molecule has 1 atom stereocenters. The summed E-state index contributed by atoms with van der Waals surface area (Å²) in [5, 5.41) is 19.8. The van der Waals surface area contributed by atoms with Crippen molar-refractivity contribution >= 4 is 12.6 Å². The van der Waals surface area contributed by atoms with Crippen LogP contribution >= 0.6 is 0 Å². The first-order valence-corrected chi connectivity index (χ1v) is 7.85. The zero-order chi connectivity index (χ0) is 16.3. The van der Waals surface area contributed by atoms with Gasteiger partial charge in [-0.3, -0.25) is 0 Å². The average Bonchev–Trinajstić information content (AvgIpc) is 3.09. The lowest BCUT2D eigenvalue weighted by Crippen LogP contribution is -2.30. The van der Waals surface area contributed by atoms with E-state index in [1.807, 2.05) is 60.7 Å². The number of nitrogens with zero attached hydrogens (tertiary/aromatic N) is 1. The van der Waals surface area contributed by atoms with E-state index in [4.69, 9.17) is 4.65 Å². The molecule has 0 aromatic heterocycles. The van der Waals surface area contributed by atoms with Crippen LogP contribution < -0.4 is 5.46 Å². The zero-order valence-electron chi connectivity index (χ0n) is 12.7. The van der Waals surface area contributed by atoms with Crippen molar-refractivity contribution in [3.8, 4) is 17.2 Å². The van der Waals surface area contributed by atoms with E-state index in [1.54, 1.807) is 0 Å². The maximum absolute atomic E-state index is 10.5. The molecule has 3 nitrogen and oxygen atoms in total. The van der Waals surface area contributed by atoms with Crippen LogP contribution in [0.15, 0.2) is 66.7 Å². The van der Waals surface area contributed by atoms with E-state index in [0.29, 0.717) is 5.56 Å². The van der Waals surface area contributed by atoms with Gasteiger partial charge in [0.25, 0.3) is 0 Å². The van der Waals surface area contributed by atoms with Gasteiger partial charge in [-0.25, -0.2) is 0 Å². The molecule has 1 N–H and O–H groups in total. The summed E-state index contributed by atoms with van der Waals surface area (Å²) in [6, 6.07) is 23.7. The number of rotatable bonds is 0. The number of fused-ring (bicyclic) bond motifs is 7. The monoisotopic (exact) mass is 309 g/mol. The molecule has 0 radical (unpaired) electrons. The molecule has 4 heteroatoms. The van der Waals surface area contributed by atoms with Gasteiger partial charge < -0.3 is 9.68 Å². The summed E-state index contributed by atoms with van der Waals surface area (Å²) >= 11 is 0. The molecule has 3 aromatic carbocycles. The lowest BCUT2D eigenvalue weighted by Gasteiger charge is -2.28. The van der Waals surface area contributed by atoms with Crippen molar-refractivity contribution in [1.82, 2.24) is 0 Å². The summed E-state index contributed by atoms with van der Waals surface area (Å²) in [6.45, 7) is 0. The second-order valence-electron chi connectivity index (χ2n) is 6.16. The highest BCUT2D eigenvalue weighted by Crippen LogP contribution is 2.54. The van der Waals surface area contributed by atoms with Gasteiger partial charge in [-0.05, 0) is 39.8 Å². The molecule has 5 rings (SSSR count). The van der Waals surface area contributed by atoms with Gasteiger partial charge in [0, 0.05) is 5.56 Å². The Morgan fingerprint density at radius 3 is 2.42 bits per heavy atom. The number of benzene rings is 3. The van der Waals surface area contributed by atoms with Crippen LogP contribution in [0.4, 0.5) is 0 Å². The molecule has 0 fully saturated rings. The second-order valence-corrected chi connectivity index (χ2v) is 6.16. The highest BCUT2D eigenvalue weighted by Gasteiger charge is 2.54. The van der Waals surface area contributed by atoms with Crippen molar-refractivity contribution in [1.29, 1.82) is 5.26 Å². The van der Waals surface area contributed by atoms with E-state index in [9.17, 15) is 10.3 Å². The predicted molar refractivity (Wildman–Crippen MR) is 91.6 cm³/mol. The van der Waals surface area contributed by atoms with E-state index in [0.717, 1.165) is 33.3 Å². The molecule has 1 aliphatic carbocycles. The maximum Gasteiger partial charge on any atom is 0.492 e. The van der Waals surface area contributed by atoms with Crippen LogP contribution in [-0.4, -0.2) is 12.1 Å². The summed E-state index contributed by atoms with van der Waals surface area (Å²) in [5.41, 5.74) is 5.53. The third-order valence-electron chi connectivity index (χ3n) is 5.02. The highest BCUT2D eigenvalue weighted by molar-refractivity contribution is 6.62. The van der Waals surface area contributed by atoms with Crippen molar-refractivity contribution in [3.05, 3.63) is 89.0 Å². The van der Waals surface area contributed by atoms with Crippen LogP contribution in [-0.2, 0) is 10.3 Å². The van der Waals surface area contributed by atoms with Gasteiger partial charge in [-0.1, -0.05) is 54.6 Å². The normalized spacial score (nSPS) is 19.8. The highest BCUT2D eigenvalue weighted by atomic mass is 16.5. The van der Waals surface area contributed by atoms with Crippen LogP contribution in [0.25, 0.3) is 11.1 Å². The lowest BCUT2D eigenvalue weighted by atomic mass is 9.76. The smallest absolute Gasteiger partial charge is 0.423 e. The minimum Gasteiger partial charge on any atom is -0.423 e. The summed E-state index contributed by atoms with van der Waals surface area (Å²) < 4.78 is 6.18. The summed E-state index contributed by atoms with van der Waals surface area (Å²) in [4.78, 5) is 0. The number of hydrogen-bond acceptors (Lipinski definition) is 3. The molecule has 0 saturated carbocycles. The molecule has 1 aliphatic heterocycles. The average molecular weight is 309 g/mol. The lowest BCUT2D eigenvalue weighted by molar-refractivity contribution is 0.149. The SMILES string of the molecule is N#Cc1ccc2c(c1)C1(OB(O)c3ccccc31)c1ccccc1-2. The van der Waals surface area contributed by atoms with Gasteiger partial charge in [0.15, 0.2) is 0 Å². The Hall–Kier alpha value is -2.87. The molecule has 3 aromatic rings. The second kappa shape index (κ2) is 4.58. The van der Waals surface area contributed by atoms with E-state index in [-0.39, 0.29) is 0 Å². The van der Waals surface area contributed by atoms with Crippen LogP contribution in [0.1, 0.15) is 22.3 Å². The molecular formula is C20H12BNO2. The first-order valence-electron chi connectivity index (χ1n) is 7.85. The van der Waals surface area contributed by atoms with Crippen LogP contribution in [0.3, 0.4) is 0 Å². The summed E-state index contributed by atoms with van der Waals surface area (Å²) in [7, 11) is -0.981. The Labute approximate surface area is 139 Å². The number of hydrogen-bond donors (Lipinski definition) is 1. The van der Waals surface area contributed by atoms with E-state index < -0.39 is 12.7 Å². The molecule has 24 heavy (non-hydrogen) atoms. The molecular weight excluding hydrogens is 297 g/mol. The zero-order valence-corrected chi connectivity index (χ0v) is 12.7. The minimum atomic E-state index is -0.981. The predicted octanol–water partition coefficient (Wildman–Crippen LogP) is 2.55. The van der Waals surface area contributed by atoms with Crippen LogP contribution in [0, 0.1) is 11.3 Å². The Kier molecular flexibility index (Phi) is 2.59. The fourth-order valence-corrected chi connectivity index (χ4v) is 4.05. The Bertz CT molecular complexity index is 1040. The third kappa shape index (κ3) is 1.48. The van der Waals surface area contributed by atoms with E-state index in [2.05, 4.69) is 12.1 Å². The number of nitriles is 1. The van der Waals surface area contributed by atoms with Crippen molar-refractivity contribution in [2.24, 2.45) is 0 Å². The molecule has 0 saturated heterocycles. The first kappa shape index (κ1) is 13.6. The third-order valence-corrected chi connectivity index (χ3v) is 5.02. The van der Waals surface area contributed by atoms with Crippen molar-refractivity contribution in [2.45, 2.75) is 5.60 Å². The van der Waals surface area contributed by atoms with Crippen LogP contribution in [0.5, 0.6) is 0 Å². The summed E-state index contributed by atoms with van der Waals surface area (Å²) in [5.74, 6) is 0. The van der Waals surface area contributed by atoms with E-state index >= 15 is 0 Å². The van der Waals surface area contributed by atoms with Gasteiger partial charge >= 0.3 is 7.12 Å². The van der Waals surface area contributed by atoms with Crippen LogP contribution in [0.2, 0.25) is 0 Å². The van der Waals surface area contributed by atoms with Crippen molar-refractivity contribution < 1.29 is 9.68 Å². The molecule has 112 valence electrons. The van der Waals surface area contributed by atoms with E-state index in [1.165, 1.54) is 0 Å². The maximum atomic E-state index is 10.5. The molecule has 0 bridgehead atoms. The fraction of sp³-hybridized carbons (Fsp3) is 0.0500. The van der Waals surface area contributed by atoms with Crippen molar-refractivity contribution in [2.75, 3.05) is 0 Å². The Morgan fingerprint density at radius 2 is 1.58 bits per heavy atom. The minimum absolute atomic E-state index is 0.586. The molecule has 1 unspecified atom stereocenters. The Morgan fingerprint density at radius 1 is 0.875 bits per heavy atom. The standard InChI is InChI=1S/C20H12BNO2/c22-12-13-9-10-15-14-5-1-2-6-16(14)20(18(15)11-13)17-7-3-4-8-19(17)21(23)24-20/h1-11,23H. The van der Waals surface area contributed by atoms with Gasteiger partial charge in [-0.2, -0.15) is 5.26 Å². The molecule has 0 amide bonds. The molecule has 1 heterocycles. The van der Waals surface area contributed by atoms with Crippen molar-refractivity contribution in [3.63, 3.8) is 0 Å². The Balaban J connectivity index is 1.93. The van der Waals surface area contributed by atoms with Gasteiger partial charge in [0.2, 0.25) is 0 Å². The largest absolute Gasteiger partial charge is 0.492 e. The van der Waals surface area contributed by atoms with Gasteiger partial charge in [0.05, 0.1) is 11.6 Å².